The molecule has 3 saturated carbocycles. The van der Waals surface area contributed by atoms with Crippen LogP contribution in [-0.2, 0) is 39.7 Å². The number of allylic oxidation sites excluding steroid dienone is 4. The second kappa shape index (κ2) is 14.1. The van der Waals surface area contributed by atoms with E-state index in [1.165, 1.54) is 0 Å². The van der Waals surface area contributed by atoms with E-state index in [0.717, 1.165) is 16.4 Å². The van der Waals surface area contributed by atoms with Crippen LogP contribution in [0.4, 0.5) is 0 Å². The Balaban J connectivity index is 1.38. The third kappa shape index (κ3) is 6.72. The molecule has 1 aromatic rings. The topological polar surface area (TPSA) is 129 Å². The second-order valence-corrected chi connectivity index (χ2v) is 18.9. The minimum absolute atomic E-state index is 0.0860. The van der Waals surface area contributed by atoms with Crippen LogP contribution in [0.15, 0.2) is 53.2 Å². The van der Waals surface area contributed by atoms with Gasteiger partial charge in [-0.2, -0.15) is 0 Å². The highest BCUT2D eigenvalue weighted by molar-refractivity contribution is 7.70. The summed E-state index contributed by atoms with van der Waals surface area (Å²) in [6.45, 7) is 12.7. The van der Waals surface area contributed by atoms with E-state index in [0.29, 0.717) is 31.6 Å². The van der Waals surface area contributed by atoms with E-state index in [1.807, 2.05) is 50.3 Å². The molecule has 0 heterocycles. The Morgan fingerprint density at radius 3 is 2.51 bits per heavy atom. The van der Waals surface area contributed by atoms with Gasteiger partial charge in [0.2, 0.25) is 5.78 Å². The molecule has 0 aromatic heterocycles. The molecule has 0 saturated heterocycles. The van der Waals surface area contributed by atoms with Crippen molar-refractivity contribution in [3.8, 4) is 0 Å². The van der Waals surface area contributed by atoms with Crippen LogP contribution in [-0.4, -0.2) is 72.2 Å². The Morgan fingerprint density at radius 2 is 1.84 bits per heavy atom. The van der Waals surface area contributed by atoms with Gasteiger partial charge in [0.15, 0.2) is 12.2 Å². The highest BCUT2D eigenvalue weighted by atomic mass is 35.5. The van der Waals surface area contributed by atoms with Crippen molar-refractivity contribution >= 4 is 47.5 Å². The zero-order chi connectivity index (χ0) is 35.9. The largest absolute Gasteiger partial charge is 0.457 e. The Kier molecular flexibility index (Phi) is 10.8. The number of benzene rings is 1. The molecule has 1 N–H and O–H groups in total. The standard InChI is InChI=1S/C38H51ClNO8P/c1-8-32(43)46-22-31(42)38(48-33(44)9-2)23(3)17-28-34-29(39)20-25-19-26(13-15-36(25,4)35(34)30(41)21-37(28,38)5)40-47-16-14-24-11-10-12-27(18-24)49(6,7)45/h10-13,15,18-19,23,28-30,34-35,41H,8-9,14,16-17,20-22H2,1-7H3/b40-26+/t23-,28+,29-,30+,34-,35+,36+,37+,38+/m1/s1. The summed E-state index contributed by atoms with van der Waals surface area (Å²) in [6, 6.07) is 7.76. The normalized spacial score (nSPS) is 35.9. The van der Waals surface area contributed by atoms with E-state index in [1.54, 1.807) is 27.2 Å². The fourth-order valence-electron chi connectivity index (χ4n) is 9.43. The monoisotopic (exact) mass is 715 g/mol. The van der Waals surface area contributed by atoms with Crippen LogP contribution in [0.1, 0.15) is 72.3 Å². The lowest BCUT2D eigenvalue weighted by atomic mass is 9.46. The van der Waals surface area contributed by atoms with Crippen LogP contribution < -0.4 is 5.30 Å². The second-order valence-electron chi connectivity index (χ2n) is 15.2. The van der Waals surface area contributed by atoms with Gasteiger partial charge >= 0.3 is 11.9 Å². The van der Waals surface area contributed by atoms with Crippen LogP contribution in [0.3, 0.4) is 0 Å². The molecule has 4 aliphatic carbocycles. The number of hydrogen-bond donors (Lipinski definition) is 1. The van der Waals surface area contributed by atoms with Gasteiger partial charge in [0, 0.05) is 52.6 Å². The number of halogens is 1. The van der Waals surface area contributed by atoms with Gasteiger partial charge in [0.05, 0.1) is 6.10 Å². The Hall–Kier alpha value is -2.74. The number of alkyl halides is 1. The van der Waals surface area contributed by atoms with E-state index >= 15 is 0 Å². The Bertz CT molecular complexity index is 1620. The number of esters is 2. The summed E-state index contributed by atoms with van der Waals surface area (Å²) in [4.78, 5) is 44.8. The Labute approximate surface area is 295 Å². The van der Waals surface area contributed by atoms with Crippen molar-refractivity contribution in [1.82, 2.24) is 0 Å². The van der Waals surface area contributed by atoms with Crippen molar-refractivity contribution in [2.45, 2.75) is 90.2 Å². The summed E-state index contributed by atoms with van der Waals surface area (Å²) in [5.74, 6) is -2.39. The highest BCUT2D eigenvalue weighted by Crippen LogP contribution is 2.69. The van der Waals surface area contributed by atoms with E-state index < -0.39 is 54.0 Å². The van der Waals surface area contributed by atoms with E-state index in [9.17, 15) is 24.1 Å². The number of oxime groups is 1. The average Bonchev–Trinajstić information content (AvgIpc) is 3.27. The van der Waals surface area contributed by atoms with Gasteiger partial charge in [0.25, 0.3) is 0 Å². The molecule has 268 valence electrons. The van der Waals surface area contributed by atoms with Crippen LogP contribution in [0.2, 0.25) is 0 Å². The number of carbonyl (C=O) groups excluding carboxylic acids is 3. The molecule has 0 bridgehead atoms. The first kappa shape index (κ1) is 37.5. The zero-order valence-electron chi connectivity index (χ0n) is 29.7. The van der Waals surface area contributed by atoms with Gasteiger partial charge in [-0.15, -0.1) is 11.6 Å². The van der Waals surface area contributed by atoms with Crippen molar-refractivity contribution in [3.63, 3.8) is 0 Å². The maximum absolute atomic E-state index is 14.1. The molecule has 0 unspecified atom stereocenters. The molecule has 5 rings (SSSR count). The number of ether oxygens (including phenoxy) is 2. The van der Waals surface area contributed by atoms with Crippen LogP contribution in [0.5, 0.6) is 0 Å². The van der Waals surface area contributed by atoms with Gasteiger partial charge in [0.1, 0.15) is 19.5 Å². The molecule has 11 heteroatoms. The quantitative estimate of drug-likeness (QED) is 0.0939. The van der Waals surface area contributed by atoms with Gasteiger partial charge in [-0.1, -0.05) is 69.6 Å². The fourth-order valence-corrected chi connectivity index (χ4v) is 10.9. The molecule has 9 nitrogen and oxygen atoms in total. The SMILES string of the molecule is CCC(=O)OCC(=O)[C@@]1(OC(=O)CC)[C@H](C)C[C@H]2[C@H]3[C@H]([C@@H](O)C[C@@]21C)[C@@]1(C)C=C/C(=N\OCCc2cccc(P(C)(C)=O)c2)C=C1C[C@H]3Cl. The fraction of sp³-hybridized carbons (Fsp3) is 0.632. The maximum Gasteiger partial charge on any atom is 0.306 e. The number of ketones is 1. The van der Waals surface area contributed by atoms with Crippen LogP contribution in [0, 0.1) is 34.5 Å². The van der Waals surface area contributed by atoms with Crippen LogP contribution >= 0.6 is 18.7 Å². The van der Waals surface area contributed by atoms with Crippen molar-refractivity contribution < 1.29 is 38.4 Å². The van der Waals surface area contributed by atoms with Gasteiger partial charge in [-0.25, -0.2) is 0 Å². The summed E-state index contributed by atoms with van der Waals surface area (Å²) >= 11 is 7.30. The first-order valence-electron chi connectivity index (χ1n) is 17.5. The summed E-state index contributed by atoms with van der Waals surface area (Å²) in [5, 5.41) is 17.0. The first-order valence-corrected chi connectivity index (χ1v) is 20.5. The summed E-state index contributed by atoms with van der Waals surface area (Å²) in [7, 11) is -2.35. The summed E-state index contributed by atoms with van der Waals surface area (Å²) < 4.78 is 23.9. The molecule has 1 aromatic carbocycles. The average molecular weight is 716 g/mol. The molecule has 0 spiro atoms. The highest BCUT2D eigenvalue weighted by Gasteiger charge is 2.73. The number of aliphatic hydroxyl groups excluding tert-OH is 1. The summed E-state index contributed by atoms with van der Waals surface area (Å²) in [5.41, 5.74) is -0.245. The van der Waals surface area contributed by atoms with E-state index in [-0.39, 0.29) is 48.3 Å². The van der Waals surface area contributed by atoms with Crippen molar-refractivity contribution in [2.75, 3.05) is 26.5 Å². The lowest BCUT2D eigenvalue weighted by Crippen LogP contribution is -2.65. The number of nitrogens with zero attached hydrogens (tertiary/aromatic N) is 1. The smallest absolute Gasteiger partial charge is 0.306 e. The van der Waals surface area contributed by atoms with Crippen molar-refractivity contribution in [3.05, 3.63) is 53.6 Å². The van der Waals surface area contributed by atoms with Crippen molar-refractivity contribution in [1.29, 1.82) is 0 Å². The molecule has 9 atom stereocenters. The Morgan fingerprint density at radius 1 is 1.12 bits per heavy atom. The van der Waals surface area contributed by atoms with E-state index in [2.05, 4.69) is 18.2 Å². The molecular weight excluding hydrogens is 665 g/mol. The third-order valence-electron chi connectivity index (χ3n) is 11.8. The number of hydrogen-bond acceptors (Lipinski definition) is 9. The predicted molar refractivity (Wildman–Crippen MR) is 191 cm³/mol. The number of aliphatic hydroxyl groups is 1. The van der Waals surface area contributed by atoms with E-state index in [4.69, 9.17) is 25.9 Å². The van der Waals surface area contributed by atoms with Gasteiger partial charge < -0.3 is 24.0 Å². The number of fused-ring (bicyclic) bond motifs is 5. The molecular formula is C38H51ClNO8P. The van der Waals surface area contributed by atoms with Gasteiger partial charge in [-0.05, 0) is 68.2 Å². The molecule has 49 heavy (non-hydrogen) atoms. The minimum atomic E-state index is -2.35. The molecule has 4 aliphatic rings. The maximum atomic E-state index is 14.1. The van der Waals surface area contributed by atoms with Gasteiger partial charge in [-0.3, -0.25) is 14.4 Å². The zero-order valence-corrected chi connectivity index (χ0v) is 31.4. The molecule has 0 radical (unpaired) electrons. The first-order chi connectivity index (χ1) is 23.0. The summed E-state index contributed by atoms with van der Waals surface area (Å²) in [6.07, 6.45) is 7.37. The number of rotatable bonds is 11. The lowest BCUT2D eigenvalue weighted by molar-refractivity contribution is -0.205. The molecule has 0 amide bonds. The third-order valence-corrected chi connectivity index (χ3v) is 13.8. The minimum Gasteiger partial charge on any atom is -0.457 e. The predicted octanol–water partition coefficient (Wildman–Crippen LogP) is 6.24. The van der Waals surface area contributed by atoms with Crippen LogP contribution in [0.25, 0.3) is 0 Å². The number of Topliss-reactive ketones (excluding diaryl/α,β-unsaturated/α-hetero) is 1. The lowest BCUT2D eigenvalue weighted by Gasteiger charge is -2.61. The van der Waals surface area contributed by atoms with Crippen molar-refractivity contribution in [2.24, 2.45) is 39.7 Å². The molecule has 0 aliphatic heterocycles. The number of carbonyl (C=O) groups is 3. The molecule has 3 fully saturated rings.